The van der Waals surface area contributed by atoms with Crippen molar-refractivity contribution < 1.29 is 31.1 Å². The van der Waals surface area contributed by atoms with Crippen molar-refractivity contribution in [2.75, 3.05) is 0 Å². The monoisotopic (exact) mass is 311 g/mol. The number of hydrogen-bond acceptors (Lipinski definition) is 1. The number of hydrogen-bond donors (Lipinski definition) is 1. The highest BCUT2D eigenvalue weighted by molar-refractivity contribution is 5.77. The number of halogens is 6. The molecule has 1 N–H and O–H groups in total. The third-order valence-electron chi connectivity index (χ3n) is 3.16. The van der Waals surface area contributed by atoms with Crippen LogP contribution in [0.2, 0.25) is 0 Å². The van der Waals surface area contributed by atoms with Crippen LogP contribution >= 0.6 is 0 Å². The van der Waals surface area contributed by atoms with Gasteiger partial charge in [-0.05, 0) is 18.1 Å². The van der Waals surface area contributed by atoms with Crippen molar-refractivity contribution in [3.8, 4) is 0 Å². The second-order valence-corrected chi connectivity index (χ2v) is 4.89. The summed E-state index contributed by atoms with van der Waals surface area (Å²) in [4.78, 5) is 11.1. The van der Waals surface area contributed by atoms with Gasteiger partial charge < -0.3 is 5.32 Å². The first-order valence-corrected chi connectivity index (χ1v) is 6.10. The molecule has 8 heteroatoms. The lowest BCUT2D eigenvalue weighted by Crippen LogP contribution is -2.31. The molecule has 1 aliphatic rings. The molecule has 2 atom stereocenters. The van der Waals surface area contributed by atoms with E-state index in [2.05, 4.69) is 5.32 Å². The lowest BCUT2D eigenvalue weighted by atomic mass is 10.0. The zero-order valence-corrected chi connectivity index (χ0v) is 10.6. The van der Waals surface area contributed by atoms with Crippen LogP contribution < -0.4 is 5.32 Å². The standard InChI is InChI=1S/C13H11F6NO/c14-12(15,16)6-11(21)20-10-5-8(10)7-3-1-2-4-9(7)13(17,18)19/h1-4,8,10H,5-6H2,(H,20,21)/t8-,10-/m1/s1. The first kappa shape index (κ1) is 15.7. The largest absolute Gasteiger partial charge is 0.416 e. The zero-order valence-electron chi connectivity index (χ0n) is 10.6. The van der Waals surface area contributed by atoms with E-state index in [1.54, 1.807) is 0 Å². The van der Waals surface area contributed by atoms with Crippen molar-refractivity contribution >= 4 is 5.91 Å². The molecule has 21 heavy (non-hydrogen) atoms. The van der Waals surface area contributed by atoms with Crippen LogP contribution in [0.4, 0.5) is 26.3 Å². The summed E-state index contributed by atoms with van der Waals surface area (Å²) in [6, 6.07) is 4.19. The van der Waals surface area contributed by atoms with E-state index in [1.165, 1.54) is 18.2 Å². The van der Waals surface area contributed by atoms with E-state index in [0.717, 1.165) is 6.07 Å². The maximum atomic E-state index is 12.8. The summed E-state index contributed by atoms with van der Waals surface area (Å²) in [5, 5.41) is 2.11. The van der Waals surface area contributed by atoms with E-state index in [1.807, 2.05) is 0 Å². The zero-order chi connectivity index (χ0) is 15.8. The topological polar surface area (TPSA) is 29.1 Å². The normalized spacial score (nSPS) is 22.0. The Morgan fingerprint density at radius 2 is 1.76 bits per heavy atom. The molecule has 0 saturated heterocycles. The van der Waals surface area contributed by atoms with Crippen molar-refractivity contribution in [1.82, 2.24) is 5.32 Å². The van der Waals surface area contributed by atoms with Crippen molar-refractivity contribution in [2.45, 2.75) is 37.2 Å². The molecular formula is C13H11F6NO. The molecule has 1 amide bonds. The second kappa shape index (κ2) is 5.23. The van der Waals surface area contributed by atoms with Gasteiger partial charge in [0.1, 0.15) is 6.42 Å². The summed E-state index contributed by atoms with van der Waals surface area (Å²) in [6.45, 7) is 0. The third kappa shape index (κ3) is 4.12. The summed E-state index contributed by atoms with van der Waals surface area (Å²) < 4.78 is 74.5. The fourth-order valence-corrected chi connectivity index (χ4v) is 2.22. The van der Waals surface area contributed by atoms with Crippen LogP contribution in [0, 0.1) is 0 Å². The molecule has 0 unspecified atom stereocenters. The Hall–Kier alpha value is -1.73. The smallest absolute Gasteiger partial charge is 0.352 e. The van der Waals surface area contributed by atoms with Gasteiger partial charge in [0.05, 0.1) is 5.56 Å². The van der Waals surface area contributed by atoms with Gasteiger partial charge in [-0.25, -0.2) is 0 Å². The van der Waals surface area contributed by atoms with Gasteiger partial charge in [-0.1, -0.05) is 18.2 Å². The Bertz CT molecular complexity index is 536. The third-order valence-corrected chi connectivity index (χ3v) is 3.16. The highest BCUT2D eigenvalue weighted by atomic mass is 19.4. The SMILES string of the molecule is O=C(CC(F)(F)F)N[C@@H]1C[C@@H]1c1ccccc1C(F)(F)F. The summed E-state index contributed by atoms with van der Waals surface area (Å²) in [6.07, 6.45) is -10.6. The molecule has 0 aromatic heterocycles. The molecule has 116 valence electrons. The first-order valence-electron chi connectivity index (χ1n) is 6.10. The van der Waals surface area contributed by atoms with Crippen molar-refractivity contribution in [3.05, 3.63) is 35.4 Å². The van der Waals surface area contributed by atoms with Crippen LogP contribution in [-0.2, 0) is 11.0 Å². The van der Waals surface area contributed by atoms with E-state index < -0.39 is 42.2 Å². The van der Waals surface area contributed by atoms with Gasteiger partial charge in [-0.2, -0.15) is 26.3 Å². The lowest BCUT2D eigenvalue weighted by Gasteiger charge is -2.13. The highest BCUT2D eigenvalue weighted by Crippen LogP contribution is 2.46. The average Bonchev–Trinajstić information content (AvgIpc) is 3.04. The van der Waals surface area contributed by atoms with E-state index in [4.69, 9.17) is 0 Å². The predicted octanol–water partition coefficient (Wildman–Crippen LogP) is 3.63. The summed E-state index contributed by atoms with van der Waals surface area (Å²) in [7, 11) is 0. The van der Waals surface area contributed by atoms with Gasteiger partial charge >= 0.3 is 12.4 Å². The molecule has 2 rings (SSSR count). The summed E-state index contributed by atoms with van der Waals surface area (Å²) in [5.74, 6) is -1.82. The second-order valence-electron chi connectivity index (χ2n) is 4.89. The molecule has 0 spiro atoms. The van der Waals surface area contributed by atoms with Crippen LogP contribution in [-0.4, -0.2) is 18.1 Å². The number of alkyl halides is 6. The van der Waals surface area contributed by atoms with Crippen molar-refractivity contribution in [1.29, 1.82) is 0 Å². The molecule has 1 aromatic rings. The predicted molar refractivity (Wildman–Crippen MR) is 61.4 cm³/mol. The van der Waals surface area contributed by atoms with Crippen LogP contribution in [0.1, 0.15) is 29.9 Å². The Balaban J connectivity index is 2.03. The van der Waals surface area contributed by atoms with E-state index in [0.29, 0.717) is 0 Å². The molecule has 0 heterocycles. The number of rotatable bonds is 3. The summed E-state index contributed by atoms with van der Waals surface area (Å²) in [5.41, 5.74) is -0.815. The molecule has 2 nitrogen and oxygen atoms in total. The van der Waals surface area contributed by atoms with Gasteiger partial charge in [-0.15, -0.1) is 0 Å². The first-order chi connectivity index (χ1) is 9.58. The van der Waals surface area contributed by atoms with E-state index >= 15 is 0 Å². The maximum absolute atomic E-state index is 12.8. The molecule has 0 bridgehead atoms. The quantitative estimate of drug-likeness (QED) is 0.849. The Morgan fingerprint density at radius 1 is 1.14 bits per heavy atom. The Labute approximate surface area is 116 Å². The summed E-state index contributed by atoms with van der Waals surface area (Å²) >= 11 is 0. The molecule has 0 aliphatic heterocycles. The fourth-order valence-electron chi connectivity index (χ4n) is 2.22. The fraction of sp³-hybridized carbons (Fsp3) is 0.462. The van der Waals surface area contributed by atoms with Crippen LogP contribution in [0.25, 0.3) is 0 Å². The van der Waals surface area contributed by atoms with Crippen molar-refractivity contribution in [2.24, 2.45) is 0 Å². The molecule has 1 fully saturated rings. The van der Waals surface area contributed by atoms with E-state index in [9.17, 15) is 31.1 Å². The molecule has 1 aliphatic carbocycles. The molecule has 1 saturated carbocycles. The number of amides is 1. The van der Waals surface area contributed by atoms with Crippen LogP contribution in [0.5, 0.6) is 0 Å². The molecule has 1 aromatic carbocycles. The number of benzene rings is 1. The van der Waals surface area contributed by atoms with E-state index in [-0.39, 0.29) is 12.0 Å². The maximum Gasteiger partial charge on any atom is 0.416 e. The minimum atomic E-state index is -4.63. The minimum Gasteiger partial charge on any atom is -0.352 e. The molecule has 0 radical (unpaired) electrons. The lowest BCUT2D eigenvalue weighted by molar-refractivity contribution is -0.153. The molecular weight excluding hydrogens is 300 g/mol. The number of carbonyl (C=O) groups excluding carboxylic acids is 1. The van der Waals surface area contributed by atoms with Crippen LogP contribution in [0.15, 0.2) is 24.3 Å². The Morgan fingerprint density at radius 3 is 2.33 bits per heavy atom. The average molecular weight is 311 g/mol. The number of carbonyl (C=O) groups is 1. The van der Waals surface area contributed by atoms with Gasteiger partial charge in [0.25, 0.3) is 0 Å². The van der Waals surface area contributed by atoms with Crippen LogP contribution in [0.3, 0.4) is 0 Å². The van der Waals surface area contributed by atoms with Crippen molar-refractivity contribution in [3.63, 3.8) is 0 Å². The number of nitrogens with one attached hydrogen (secondary N) is 1. The van der Waals surface area contributed by atoms with Gasteiger partial charge in [0, 0.05) is 12.0 Å². The highest BCUT2D eigenvalue weighted by Gasteiger charge is 2.45. The minimum absolute atomic E-state index is 0.00214. The van der Waals surface area contributed by atoms with Gasteiger partial charge in [-0.3, -0.25) is 4.79 Å². The van der Waals surface area contributed by atoms with Gasteiger partial charge in [0.15, 0.2) is 0 Å². The Kier molecular flexibility index (Phi) is 3.90. The van der Waals surface area contributed by atoms with Gasteiger partial charge in [0.2, 0.25) is 5.91 Å².